The van der Waals surface area contributed by atoms with Crippen LogP contribution in [0.4, 0.5) is 0 Å². The van der Waals surface area contributed by atoms with Crippen molar-refractivity contribution in [3.05, 3.63) is 18.2 Å². The Labute approximate surface area is 114 Å². The third kappa shape index (κ3) is 3.35. The highest BCUT2D eigenvalue weighted by molar-refractivity contribution is 5.92. The second kappa shape index (κ2) is 6.70. The summed E-state index contributed by atoms with van der Waals surface area (Å²) in [4.78, 5) is 18.7. The lowest BCUT2D eigenvalue weighted by Gasteiger charge is -2.34. The molecule has 0 bridgehead atoms. The van der Waals surface area contributed by atoms with Crippen LogP contribution in [0.2, 0.25) is 0 Å². The van der Waals surface area contributed by atoms with Crippen LogP contribution in [-0.2, 0) is 7.05 Å². The largest absolute Gasteiger partial charge is 0.334 e. The molecule has 0 radical (unpaired) electrons. The van der Waals surface area contributed by atoms with E-state index in [-0.39, 0.29) is 5.91 Å². The summed E-state index contributed by atoms with van der Waals surface area (Å²) in [6.07, 6.45) is 10.2. The highest BCUT2D eigenvalue weighted by Gasteiger charge is 2.27. The van der Waals surface area contributed by atoms with Crippen molar-refractivity contribution in [2.24, 2.45) is 12.8 Å². The number of nitrogens with two attached hydrogens (primary N) is 1. The van der Waals surface area contributed by atoms with Crippen molar-refractivity contribution in [3.8, 4) is 0 Å². The molecule has 1 aliphatic rings. The summed E-state index contributed by atoms with van der Waals surface area (Å²) in [5.41, 5.74) is 6.27. The van der Waals surface area contributed by atoms with Gasteiger partial charge in [0.1, 0.15) is 5.69 Å². The Morgan fingerprint density at radius 2 is 2.21 bits per heavy atom. The van der Waals surface area contributed by atoms with E-state index in [4.69, 9.17) is 5.73 Å². The zero-order valence-corrected chi connectivity index (χ0v) is 11.7. The Balaban J connectivity index is 2.12. The molecule has 0 atom stereocenters. The first-order valence-electron chi connectivity index (χ1n) is 7.21. The highest BCUT2D eigenvalue weighted by atomic mass is 16.2. The minimum Gasteiger partial charge on any atom is -0.334 e. The van der Waals surface area contributed by atoms with Gasteiger partial charge in [-0.1, -0.05) is 19.3 Å². The average molecular weight is 264 g/mol. The van der Waals surface area contributed by atoms with E-state index in [1.54, 1.807) is 17.1 Å². The zero-order valence-electron chi connectivity index (χ0n) is 11.7. The maximum atomic E-state index is 12.7. The quantitative estimate of drug-likeness (QED) is 0.877. The Morgan fingerprint density at radius 1 is 1.47 bits per heavy atom. The maximum absolute atomic E-state index is 12.7. The van der Waals surface area contributed by atoms with E-state index in [0.717, 1.165) is 25.8 Å². The van der Waals surface area contributed by atoms with Crippen LogP contribution in [0.1, 0.15) is 49.0 Å². The van der Waals surface area contributed by atoms with Crippen LogP contribution in [0, 0.1) is 0 Å². The lowest BCUT2D eigenvalue weighted by molar-refractivity contribution is 0.0623. The van der Waals surface area contributed by atoms with Crippen LogP contribution in [-0.4, -0.2) is 39.5 Å². The third-order valence-electron chi connectivity index (χ3n) is 3.92. The van der Waals surface area contributed by atoms with Gasteiger partial charge in [-0.3, -0.25) is 4.79 Å². The predicted octanol–water partition coefficient (Wildman–Crippen LogP) is 1.54. The summed E-state index contributed by atoms with van der Waals surface area (Å²) in [5, 5.41) is 0. The SMILES string of the molecule is Cn1cncc1C(=O)N(CCCN)C1CCCCC1. The number of carbonyl (C=O) groups is 1. The molecule has 106 valence electrons. The monoisotopic (exact) mass is 264 g/mol. The molecule has 0 aromatic carbocycles. The van der Waals surface area contributed by atoms with Crippen LogP contribution in [0.3, 0.4) is 0 Å². The summed E-state index contributed by atoms with van der Waals surface area (Å²) in [5.74, 6) is 0.0975. The number of nitrogens with zero attached hydrogens (tertiary/aromatic N) is 3. The molecule has 0 saturated heterocycles. The van der Waals surface area contributed by atoms with Crippen molar-refractivity contribution >= 4 is 5.91 Å². The fraction of sp³-hybridized carbons (Fsp3) is 0.714. The Morgan fingerprint density at radius 3 is 2.79 bits per heavy atom. The molecular formula is C14H24N4O. The molecule has 2 N–H and O–H groups in total. The second-order valence-electron chi connectivity index (χ2n) is 5.32. The number of imidazole rings is 1. The Hall–Kier alpha value is -1.36. The molecule has 0 spiro atoms. The minimum atomic E-state index is 0.0975. The predicted molar refractivity (Wildman–Crippen MR) is 74.8 cm³/mol. The zero-order chi connectivity index (χ0) is 13.7. The molecule has 1 aromatic heterocycles. The summed E-state index contributed by atoms with van der Waals surface area (Å²) in [6, 6.07) is 0.377. The molecular weight excluding hydrogens is 240 g/mol. The van der Waals surface area contributed by atoms with Crippen LogP contribution >= 0.6 is 0 Å². The van der Waals surface area contributed by atoms with Gasteiger partial charge in [-0.25, -0.2) is 4.98 Å². The first-order valence-corrected chi connectivity index (χ1v) is 7.21. The van der Waals surface area contributed by atoms with Gasteiger partial charge in [0.25, 0.3) is 5.91 Å². The van der Waals surface area contributed by atoms with E-state index in [9.17, 15) is 4.79 Å². The second-order valence-corrected chi connectivity index (χ2v) is 5.32. The lowest BCUT2D eigenvalue weighted by Crippen LogP contribution is -2.43. The van der Waals surface area contributed by atoms with Gasteiger partial charge in [-0.15, -0.1) is 0 Å². The van der Waals surface area contributed by atoms with Gasteiger partial charge in [-0.05, 0) is 25.8 Å². The van der Waals surface area contributed by atoms with E-state index in [0.29, 0.717) is 18.3 Å². The number of hydrogen-bond donors (Lipinski definition) is 1. The fourth-order valence-corrected chi connectivity index (χ4v) is 2.81. The van der Waals surface area contributed by atoms with Gasteiger partial charge in [0, 0.05) is 19.6 Å². The first-order chi connectivity index (χ1) is 9.24. The van der Waals surface area contributed by atoms with E-state index in [2.05, 4.69) is 4.98 Å². The van der Waals surface area contributed by atoms with E-state index < -0.39 is 0 Å². The van der Waals surface area contributed by atoms with E-state index in [1.807, 2.05) is 11.9 Å². The molecule has 5 nitrogen and oxygen atoms in total. The first kappa shape index (κ1) is 14.1. The van der Waals surface area contributed by atoms with Crippen LogP contribution < -0.4 is 5.73 Å². The average Bonchev–Trinajstić information content (AvgIpc) is 2.86. The van der Waals surface area contributed by atoms with Crippen molar-refractivity contribution in [2.45, 2.75) is 44.6 Å². The summed E-state index contributed by atoms with van der Waals surface area (Å²) >= 11 is 0. The minimum absolute atomic E-state index is 0.0975. The summed E-state index contributed by atoms with van der Waals surface area (Å²) in [7, 11) is 1.86. The smallest absolute Gasteiger partial charge is 0.272 e. The Bertz CT molecular complexity index is 409. The van der Waals surface area contributed by atoms with Crippen molar-refractivity contribution in [3.63, 3.8) is 0 Å². The molecule has 1 heterocycles. The lowest BCUT2D eigenvalue weighted by atomic mass is 9.94. The molecule has 0 unspecified atom stereocenters. The van der Waals surface area contributed by atoms with Crippen molar-refractivity contribution in [1.82, 2.24) is 14.5 Å². The number of aryl methyl sites for hydroxylation is 1. The van der Waals surface area contributed by atoms with Gasteiger partial charge in [0.05, 0.1) is 12.5 Å². The molecule has 5 heteroatoms. The van der Waals surface area contributed by atoms with Gasteiger partial charge < -0.3 is 15.2 Å². The molecule has 1 aromatic rings. The summed E-state index contributed by atoms with van der Waals surface area (Å²) < 4.78 is 1.79. The van der Waals surface area contributed by atoms with Crippen molar-refractivity contribution in [2.75, 3.05) is 13.1 Å². The van der Waals surface area contributed by atoms with Gasteiger partial charge >= 0.3 is 0 Å². The van der Waals surface area contributed by atoms with E-state index in [1.165, 1.54) is 19.3 Å². The topological polar surface area (TPSA) is 64.2 Å². The van der Waals surface area contributed by atoms with Gasteiger partial charge in [0.2, 0.25) is 0 Å². The van der Waals surface area contributed by atoms with E-state index >= 15 is 0 Å². The van der Waals surface area contributed by atoms with Crippen LogP contribution in [0.15, 0.2) is 12.5 Å². The number of carbonyl (C=O) groups excluding carboxylic acids is 1. The number of rotatable bonds is 5. The Kier molecular flexibility index (Phi) is 4.96. The van der Waals surface area contributed by atoms with Crippen molar-refractivity contribution in [1.29, 1.82) is 0 Å². The van der Waals surface area contributed by atoms with Gasteiger partial charge in [-0.2, -0.15) is 0 Å². The standard InChI is InChI=1S/C14H24N4O/c1-17-11-16-10-13(17)14(19)18(9-5-8-15)12-6-3-2-4-7-12/h10-12H,2-9,15H2,1H3. The maximum Gasteiger partial charge on any atom is 0.272 e. The molecule has 2 rings (SSSR count). The summed E-state index contributed by atoms with van der Waals surface area (Å²) in [6.45, 7) is 1.38. The number of aromatic nitrogens is 2. The van der Waals surface area contributed by atoms with Gasteiger partial charge in [0.15, 0.2) is 0 Å². The molecule has 0 aliphatic heterocycles. The number of hydrogen-bond acceptors (Lipinski definition) is 3. The van der Waals surface area contributed by atoms with Crippen LogP contribution in [0.25, 0.3) is 0 Å². The normalized spacial score (nSPS) is 16.5. The molecule has 1 saturated carbocycles. The molecule has 1 amide bonds. The van der Waals surface area contributed by atoms with Crippen LogP contribution in [0.5, 0.6) is 0 Å². The fourth-order valence-electron chi connectivity index (χ4n) is 2.81. The highest BCUT2D eigenvalue weighted by Crippen LogP contribution is 2.24. The molecule has 1 fully saturated rings. The number of amides is 1. The third-order valence-corrected chi connectivity index (χ3v) is 3.92. The molecule has 19 heavy (non-hydrogen) atoms. The van der Waals surface area contributed by atoms with Crippen molar-refractivity contribution < 1.29 is 4.79 Å². The molecule has 1 aliphatic carbocycles.